The van der Waals surface area contributed by atoms with Crippen molar-refractivity contribution in [2.75, 3.05) is 9.80 Å². The van der Waals surface area contributed by atoms with Crippen molar-refractivity contribution >= 4 is 57.2 Å². The molecule has 71 heavy (non-hydrogen) atoms. The number of hydrogen-bond donors (Lipinski definition) is 0. The van der Waals surface area contributed by atoms with Crippen LogP contribution in [-0.4, -0.2) is 6.71 Å². The molecule has 0 aromatic heterocycles. The highest BCUT2D eigenvalue weighted by Gasteiger charge is 2.48. The Kier molecular flexibility index (Phi) is 11.6. The van der Waals surface area contributed by atoms with E-state index in [4.69, 9.17) is 0 Å². The van der Waals surface area contributed by atoms with Crippen molar-refractivity contribution in [1.82, 2.24) is 0 Å². The van der Waals surface area contributed by atoms with Crippen LogP contribution >= 0.6 is 0 Å². The Bertz CT molecular complexity index is 3050. The molecule has 0 atom stereocenters. The van der Waals surface area contributed by atoms with Gasteiger partial charge in [0.2, 0.25) is 0 Å². The van der Waals surface area contributed by atoms with Crippen LogP contribution in [0.25, 0.3) is 11.1 Å². The molecule has 1 aliphatic carbocycles. The first-order valence-corrected chi connectivity index (χ1v) is 27.0. The molecule has 9 rings (SSSR count). The van der Waals surface area contributed by atoms with Gasteiger partial charge in [-0.05, 0) is 171 Å². The molecule has 2 aliphatic heterocycles. The molecule has 0 radical (unpaired) electrons. The van der Waals surface area contributed by atoms with Crippen molar-refractivity contribution in [2.45, 2.75) is 208 Å². The monoisotopic (exact) mass is 943 g/mol. The summed E-state index contributed by atoms with van der Waals surface area (Å²) in [4.78, 5) is 5.43. The van der Waals surface area contributed by atoms with E-state index in [0.717, 1.165) is 6.42 Å². The van der Waals surface area contributed by atoms with Gasteiger partial charge in [-0.15, -0.1) is 0 Å². The van der Waals surface area contributed by atoms with E-state index in [1.54, 1.807) is 0 Å². The van der Waals surface area contributed by atoms with Crippen molar-refractivity contribution in [3.8, 4) is 11.1 Å². The second-order valence-corrected chi connectivity index (χ2v) is 29.6. The molecule has 0 saturated heterocycles. The fourth-order valence-electron chi connectivity index (χ4n) is 11.7. The Hall–Kier alpha value is -5.02. The SMILES string of the molecule is CC(C)(C)c1ccc(-c2cc(C(C)(C)C)ccc2N2c3cc4c(cc3B3c5ccc(C(C)(C)C)cc5N(c5cc(C(C)(C)C)cc(C(C)(C)C)c5)c5cc(C(C)(C)C)cc2c53)C(C)(C)CCC4(C)C)cc1. The Morgan fingerprint density at radius 2 is 0.761 bits per heavy atom. The lowest BCUT2D eigenvalue weighted by atomic mass is 9.33. The molecule has 0 fully saturated rings. The van der Waals surface area contributed by atoms with E-state index in [2.05, 4.69) is 265 Å². The number of hydrogen-bond acceptors (Lipinski definition) is 2. The standard InChI is InChI=1S/C68H87BN2/c1-61(2,3)43-25-23-42(24-26-43)50-36-44(62(4,5)6)28-30-55(50)71-57-41-52-51(67(19,20)31-32-68(52,21)22)40-54(57)69-53-29-27-45(63(7,8)9)37-56(53)70(58-38-48(66(16,17)18)39-59(71)60(58)69)49-34-46(64(10,11)12)33-47(35-49)65(13,14)15/h23-30,33-41H,31-32H2,1-22H3. The van der Waals surface area contributed by atoms with Crippen LogP contribution in [0.5, 0.6) is 0 Å². The van der Waals surface area contributed by atoms with Gasteiger partial charge < -0.3 is 9.80 Å². The van der Waals surface area contributed by atoms with Crippen molar-refractivity contribution < 1.29 is 0 Å². The number of rotatable bonds is 3. The maximum atomic E-state index is 2.73. The van der Waals surface area contributed by atoms with Gasteiger partial charge in [0.1, 0.15) is 0 Å². The van der Waals surface area contributed by atoms with Gasteiger partial charge >= 0.3 is 0 Å². The second-order valence-electron chi connectivity index (χ2n) is 29.6. The van der Waals surface area contributed by atoms with Crippen molar-refractivity contribution in [1.29, 1.82) is 0 Å². The fourth-order valence-corrected chi connectivity index (χ4v) is 11.7. The Morgan fingerprint density at radius 1 is 0.352 bits per heavy atom. The summed E-state index contributed by atoms with van der Waals surface area (Å²) in [6.07, 6.45) is 2.33. The fraction of sp³-hybridized carbons (Fsp3) is 0.471. The van der Waals surface area contributed by atoms with Crippen LogP contribution in [0.1, 0.15) is 210 Å². The molecule has 0 amide bonds. The number of benzene rings is 6. The highest BCUT2D eigenvalue weighted by molar-refractivity contribution is 7.00. The Balaban J connectivity index is 1.48. The lowest BCUT2D eigenvalue weighted by Gasteiger charge is -2.48. The molecular formula is C68H87BN2. The molecule has 0 N–H and O–H groups in total. The molecular weight excluding hydrogens is 856 g/mol. The van der Waals surface area contributed by atoms with Crippen LogP contribution < -0.4 is 26.2 Å². The summed E-state index contributed by atoms with van der Waals surface area (Å²) in [5.74, 6) is 0. The van der Waals surface area contributed by atoms with Crippen LogP contribution in [0, 0.1) is 0 Å². The summed E-state index contributed by atoms with van der Waals surface area (Å²) in [5.41, 5.74) is 25.2. The molecule has 372 valence electrons. The van der Waals surface area contributed by atoms with Gasteiger partial charge in [-0.1, -0.05) is 207 Å². The van der Waals surface area contributed by atoms with Gasteiger partial charge in [-0.3, -0.25) is 0 Å². The minimum absolute atomic E-state index is 0.0166. The maximum Gasteiger partial charge on any atom is 0.252 e. The summed E-state index contributed by atoms with van der Waals surface area (Å²) in [5, 5.41) is 0. The molecule has 6 aromatic rings. The third-order valence-corrected chi connectivity index (χ3v) is 16.8. The predicted molar refractivity (Wildman–Crippen MR) is 313 cm³/mol. The zero-order valence-corrected chi connectivity index (χ0v) is 48.2. The molecule has 0 bridgehead atoms. The van der Waals surface area contributed by atoms with Crippen molar-refractivity contribution in [2.24, 2.45) is 0 Å². The summed E-state index contributed by atoms with van der Waals surface area (Å²) in [6, 6.07) is 42.5. The summed E-state index contributed by atoms with van der Waals surface area (Å²) in [7, 11) is 0. The lowest BCUT2D eigenvalue weighted by Crippen LogP contribution is -2.62. The van der Waals surface area contributed by atoms with Gasteiger partial charge in [0.05, 0.1) is 5.69 Å². The molecule has 3 heteroatoms. The topological polar surface area (TPSA) is 6.48 Å². The van der Waals surface area contributed by atoms with E-state index >= 15 is 0 Å². The van der Waals surface area contributed by atoms with Gasteiger partial charge in [-0.25, -0.2) is 0 Å². The highest BCUT2D eigenvalue weighted by atomic mass is 15.2. The van der Waals surface area contributed by atoms with Gasteiger partial charge in [0.25, 0.3) is 6.71 Å². The van der Waals surface area contributed by atoms with E-state index < -0.39 is 0 Å². The third kappa shape index (κ3) is 8.92. The van der Waals surface area contributed by atoms with Crippen LogP contribution in [0.15, 0.2) is 103 Å². The third-order valence-electron chi connectivity index (χ3n) is 16.8. The van der Waals surface area contributed by atoms with Crippen molar-refractivity contribution in [3.05, 3.63) is 148 Å². The molecule has 6 aromatic carbocycles. The first-order chi connectivity index (χ1) is 32.5. The van der Waals surface area contributed by atoms with Crippen LogP contribution in [-0.2, 0) is 43.3 Å². The van der Waals surface area contributed by atoms with Crippen LogP contribution in [0.3, 0.4) is 0 Å². The maximum absolute atomic E-state index is 2.73. The van der Waals surface area contributed by atoms with E-state index in [1.807, 2.05) is 0 Å². The van der Waals surface area contributed by atoms with Crippen LogP contribution in [0.2, 0.25) is 0 Å². The van der Waals surface area contributed by atoms with Gasteiger partial charge in [-0.2, -0.15) is 0 Å². The smallest absolute Gasteiger partial charge is 0.252 e. The molecule has 2 nitrogen and oxygen atoms in total. The number of fused-ring (bicyclic) bond motifs is 5. The molecule has 3 aliphatic rings. The van der Waals surface area contributed by atoms with E-state index in [1.165, 1.54) is 113 Å². The lowest BCUT2D eigenvalue weighted by molar-refractivity contribution is 0.332. The first-order valence-electron chi connectivity index (χ1n) is 27.0. The molecule has 0 unspecified atom stereocenters. The second kappa shape index (κ2) is 16.2. The Labute approximate surface area is 432 Å². The largest absolute Gasteiger partial charge is 0.311 e. The highest BCUT2D eigenvalue weighted by Crippen LogP contribution is 2.53. The quantitative estimate of drug-likeness (QED) is 0.163. The first kappa shape index (κ1) is 50.9. The van der Waals surface area contributed by atoms with E-state index in [-0.39, 0.29) is 50.0 Å². The zero-order chi connectivity index (χ0) is 52.1. The summed E-state index contributed by atoms with van der Waals surface area (Å²) in [6.45, 7) is 52.5. The van der Waals surface area contributed by atoms with E-state index in [0.29, 0.717) is 0 Å². The zero-order valence-electron chi connectivity index (χ0n) is 48.2. The molecule has 0 saturated carbocycles. The van der Waals surface area contributed by atoms with E-state index in [9.17, 15) is 0 Å². The van der Waals surface area contributed by atoms with Gasteiger partial charge in [0.15, 0.2) is 0 Å². The van der Waals surface area contributed by atoms with Crippen molar-refractivity contribution in [3.63, 3.8) is 0 Å². The minimum Gasteiger partial charge on any atom is -0.311 e. The molecule has 0 spiro atoms. The average molecular weight is 943 g/mol. The minimum atomic E-state index is -0.139. The van der Waals surface area contributed by atoms with Crippen LogP contribution in [0.4, 0.5) is 34.1 Å². The summed E-state index contributed by atoms with van der Waals surface area (Å²) < 4.78 is 0. The number of anilines is 6. The average Bonchev–Trinajstić information content (AvgIpc) is 3.25. The number of nitrogens with zero attached hydrogens (tertiary/aromatic N) is 2. The molecule has 2 heterocycles. The summed E-state index contributed by atoms with van der Waals surface area (Å²) >= 11 is 0. The predicted octanol–water partition coefficient (Wildman–Crippen LogP) is 17.6. The van der Waals surface area contributed by atoms with Gasteiger partial charge in [0, 0.05) is 34.0 Å². The normalized spacial score (nSPS) is 16.6. The Morgan fingerprint density at radius 3 is 1.27 bits per heavy atom.